The van der Waals surface area contributed by atoms with Crippen molar-refractivity contribution in [1.29, 1.82) is 0 Å². The van der Waals surface area contributed by atoms with Crippen LogP contribution in [0.1, 0.15) is 24.8 Å². The zero-order chi connectivity index (χ0) is 21.5. The van der Waals surface area contributed by atoms with Crippen molar-refractivity contribution in [2.45, 2.75) is 38.0 Å². The van der Waals surface area contributed by atoms with Crippen LogP contribution < -0.4 is 9.64 Å². The molecule has 2 fully saturated rings. The van der Waals surface area contributed by atoms with E-state index in [1.165, 1.54) is 24.9 Å². The third kappa shape index (κ3) is 3.55. The second-order valence-electron chi connectivity index (χ2n) is 9.01. The normalized spacial score (nSPS) is 20.8. The van der Waals surface area contributed by atoms with Crippen LogP contribution in [0.25, 0.3) is 16.9 Å². The van der Waals surface area contributed by atoms with Gasteiger partial charge < -0.3 is 14.4 Å². The summed E-state index contributed by atoms with van der Waals surface area (Å²) in [6.07, 6.45) is 7.39. The summed E-state index contributed by atoms with van der Waals surface area (Å²) in [5.41, 5.74) is 5.36. The summed E-state index contributed by atoms with van der Waals surface area (Å²) in [4.78, 5) is 9.38. The molecule has 1 aromatic carbocycles. The van der Waals surface area contributed by atoms with Gasteiger partial charge in [-0.15, -0.1) is 0 Å². The quantitative estimate of drug-likeness (QED) is 0.630. The van der Waals surface area contributed by atoms with Crippen LogP contribution in [0.15, 0.2) is 48.8 Å². The van der Waals surface area contributed by atoms with E-state index in [2.05, 4.69) is 52.3 Å². The first-order valence-electron chi connectivity index (χ1n) is 11.6. The molecule has 0 aliphatic carbocycles. The molecule has 1 atom stereocenters. The van der Waals surface area contributed by atoms with Crippen LogP contribution in [-0.2, 0) is 11.3 Å². The Hall–Kier alpha value is -2.90. The topological polar surface area (TPSA) is 55.7 Å². The molecule has 0 N–H and O–H groups in total. The Morgan fingerprint density at radius 3 is 2.59 bits per heavy atom. The van der Waals surface area contributed by atoms with Gasteiger partial charge in [-0.05, 0) is 62.7 Å². The predicted molar refractivity (Wildman–Crippen MR) is 123 cm³/mol. The van der Waals surface area contributed by atoms with Crippen molar-refractivity contribution in [3.63, 3.8) is 0 Å². The van der Waals surface area contributed by atoms with Gasteiger partial charge in [0.05, 0.1) is 17.9 Å². The lowest BCUT2D eigenvalue weighted by Crippen LogP contribution is -2.47. The fourth-order valence-electron chi connectivity index (χ4n) is 5.20. The zero-order valence-corrected chi connectivity index (χ0v) is 18.5. The number of ether oxygens (including phenoxy) is 2. The van der Waals surface area contributed by atoms with Gasteiger partial charge in [-0.1, -0.05) is 0 Å². The molecule has 1 unspecified atom stereocenters. The molecular formula is C25H29N5O2. The van der Waals surface area contributed by atoms with Gasteiger partial charge in [0.15, 0.2) is 0 Å². The number of rotatable bonds is 4. The summed E-state index contributed by atoms with van der Waals surface area (Å²) >= 11 is 0. The smallest absolute Gasteiger partial charge is 0.223 e. The molecule has 6 rings (SSSR count). The maximum atomic E-state index is 5.77. The molecular weight excluding hydrogens is 402 g/mol. The van der Waals surface area contributed by atoms with Crippen LogP contribution >= 0.6 is 0 Å². The Labute approximate surface area is 188 Å². The van der Waals surface area contributed by atoms with E-state index < -0.39 is 0 Å². The minimum absolute atomic E-state index is 0.508. The number of fused-ring (bicyclic) bond motifs is 3. The van der Waals surface area contributed by atoms with Crippen molar-refractivity contribution < 1.29 is 9.47 Å². The van der Waals surface area contributed by atoms with Crippen molar-refractivity contribution in [3.05, 3.63) is 54.4 Å². The summed E-state index contributed by atoms with van der Waals surface area (Å²) in [7, 11) is 2.28. The average molecular weight is 432 g/mol. The lowest BCUT2D eigenvalue weighted by Gasteiger charge is -2.40. The fourth-order valence-corrected chi connectivity index (χ4v) is 5.20. The van der Waals surface area contributed by atoms with Gasteiger partial charge in [0, 0.05) is 55.4 Å². The van der Waals surface area contributed by atoms with Crippen LogP contribution in [0.4, 0.5) is 5.69 Å². The SMILES string of the molecule is CN(C1CCN(c2ccc(-n3cc4c(n3)-c3cccnc3OC4)cc2)CC1)C1CCOC1. The minimum Gasteiger partial charge on any atom is -0.472 e. The van der Waals surface area contributed by atoms with Crippen molar-refractivity contribution >= 4 is 5.69 Å². The van der Waals surface area contributed by atoms with Gasteiger partial charge in [-0.25, -0.2) is 9.67 Å². The van der Waals surface area contributed by atoms with Gasteiger partial charge in [0.25, 0.3) is 0 Å². The van der Waals surface area contributed by atoms with E-state index in [1.54, 1.807) is 6.20 Å². The van der Waals surface area contributed by atoms with Gasteiger partial charge in [-0.2, -0.15) is 5.10 Å². The number of likely N-dealkylation sites (N-methyl/N-ethyl adjacent to an activating group) is 1. The molecule has 2 saturated heterocycles. The zero-order valence-electron chi connectivity index (χ0n) is 18.5. The van der Waals surface area contributed by atoms with Crippen LogP contribution in [0, 0.1) is 0 Å². The van der Waals surface area contributed by atoms with E-state index in [1.807, 2.05) is 16.8 Å². The van der Waals surface area contributed by atoms with Gasteiger partial charge in [-0.3, -0.25) is 4.90 Å². The lowest BCUT2D eigenvalue weighted by molar-refractivity contribution is 0.120. The maximum absolute atomic E-state index is 5.77. The molecule has 5 heterocycles. The van der Waals surface area contributed by atoms with Gasteiger partial charge in [0.1, 0.15) is 12.3 Å². The number of nitrogens with zero attached hydrogens (tertiary/aromatic N) is 5. The van der Waals surface area contributed by atoms with Crippen molar-refractivity contribution in [2.75, 3.05) is 38.3 Å². The summed E-state index contributed by atoms with van der Waals surface area (Å²) in [6, 6.07) is 14.0. The van der Waals surface area contributed by atoms with Crippen LogP contribution in [-0.4, -0.2) is 65.1 Å². The number of hydrogen-bond acceptors (Lipinski definition) is 6. The second-order valence-corrected chi connectivity index (χ2v) is 9.01. The molecule has 0 amide bonds. The standard InChI is InChI=1S/C25H29N5O2/c1-28(22-10-14-31-17-22)19-8-12-29(13-9-19)20-4-6-21(7-5-20)30-15-18-16-32-25-23(24(18)27-30)3-2-11-26-25/h2-7,11,15,19,22H,8-10,12-14,16-17H2,1H3. The largest absolute Gasteiger partial charge is 0.472 e. The highest BCUT2D eigenvalue weighted by atomic mass is 16.5. The summed E-state index contributed by atoms with van der Waals surface area (Å²) < 4.78 is 13.3. The molecule has 166 valence electrons. The Morgan fingerprint density at radius 1 is 1.00 bits per heavy atom. The molecule has 3 aliphatic rings. The highest BCUT2D eigenvalue weighted by Crippen LogP contribution is 2.35. The van der Waals surface area contributed by atoms with Crippen LogP contribution in [0.3, 0.4) is 0 Å². The number of hydrogen-bond donors (Lipinski definition) is 0. The average Bonchev–Trinajstić information content (AvgIpc) is 3.54. The predicted octanol–water partition coefficient (Wildman–Crippen LogP) is 3.52. The Balaban J connectivity index is 1.14. The first kappa shape index (κ1) is 19.8. The van der Waals surface area contributed by atoms with Gasteiger partial charge >= 0.3 is 0 Å². The molecule has 0 spiro atoms. The lowest BCUT2D eigenvalue weighted by atomic mass is 10.0. The van der Waals surface area contributed by atoms with E-state index in [9.17, 15) is 0 Å². The summed E-state index contributed by atoms with van der Waals surface area (Å²) in [6.45, 7) is 4.51. The van der Waals surface area contributed by atoms with Crippen molar-refractivity contribution in [3.8, 4) is 22.8 Å². The highest BCUT2D eigenvalue weighted by molar-refractivity contribution is 5.69. The number of aromatic nitrogens is 3. The minimum atomic E-state index is 0.508. The third-order valence-corrected chi connectivity index (χ3v) is 7.18. The fraction of sp³-hybridized carbons (Fsp3) is 0.440. The maximum Gasteiger partial charge on any atom is 0.223 e. The Bertz CT molecular complexity index is 1080. The number of anilines is 1. The number of pyridine rings is 1. The van der Waals surface area contributed by atoms with E-state index in [0.717, 1.165) is 48.8 Å². The van der Waals surface area contributed by atoms with Crippen LogP contribution in [0.5, 0.6) is 5.88 Å². The molecule has 7 nitrogen and oxygen atoms in total. The highest BCUT2D eigenvalue weighted by Gasteiger charge is 2.29. The van der Waals surface area contributed by atoms with E-state index >= 15 is 0 Å². The van der Waals surface area contributed by atoms with Crippen LogP contribution in [0.2, 0.25) is 0 Å². The summed E-state index contributed by atoms with van der Waals surface area (Å²) in [5.74, 6) is 0.662. The van der Waals surface area contributed by atoms with E-state index in [0.29, 0.717) is 24.6 Å². The second kappa shape index (κ2) is 8.22. The number of piperidine rings is 1. The first-order valence-corrected chi connectivity index (χ1v) is 11.6. The van der Waals surface area contributed by atoms with Gasteiger partial charge in [0.2, 0.25) is 5.88 Å². The van der Waals surface area contributed by atoms with E-state index in [4.69, 9.17) is 14.6 Å². The molecule has 3 aliphatic heterocycles. The molecule has 0 bridgehead atoms. The number of benzene rings is 1. The third-order valence-electron chi connectivity index (χ3n) is 7.18. The molecule has 32 heavy (non-hydrogen) atoms. The van der Waals surface area contributed by atoms with Crippen molar-refractivity contribution in [1.82, 2.24) is 19.7 Å². The van der Waals surface area contributed by atoms with E-state index in [-0.39, 0.29) is 0 Å². The molecule has 0 radical (unpaired) electrons. The molecule has 0 saturated carbocycles. The monoisotopic (exact) mass is 431 g/mol. The molecule has 2 aromatic heterocycles. The Kier molecular flexibility index (Phi) is 5.08. The first-order chi connectivity index (χ1) is 15.8. The van der Waals surface area contributed by atoms with Crippen molar-refractivity contribution in [2.24, 2.45) is 0 Å². The molecule has 3 aromatic rings. The Morgan fingerprint density at radius 2 is 1.81 bits per heavy atom. The summed E-state index contributed by atoms with van der Waals surface area (Å²) in [5, 5.41) is 4.84. The molecule has 7 heteroatoms.